The van der Waals surface area contributed by atoms with Gasteiger partial charge in [0.1, 0.15) is 5.69 Å². The lowest BCUT2D eigenvalue weighted by atomic mass is 10.1. The predicted octanol–water partition coefficient (Wildman–Crippen LogP) is 7.48. The maximum absolute atomic E-state index is 12.3. The summed E-state index contributed by atoms with van der Waals surface area (Å²) < 4.78 is 11.5. The summed E-state index contributed by atoms with van der Waals surface area (Å²) in [4.78, 5) is 17.0. The Labute approximate surface area is 198 Å². The molecule has 5 heteroatoms. The average Bonchev–Trinajstić information content (AvgIpc) is 3.31. The second-order valence-electron chi connectivity index (χ2n) is 8.35. The third kappa shape index (κ3) is 6.78. The Bertz CT molecular complexity index is 959. The van der Waals surface area contributed by atoms with Gasteiger partial charge in [-0.2, -0.15) is 0 Å². The molecule has 0 unspecified atom stereocenters. The normalized spacial score (nSPS) is 11.7. The molecule has 0 fully saturated rings. The van der Waals surface area contributed by atoms with Crippen LogP contribution in [0.4, 0.5) is 0 Å². The van der Waals surface area contributed by atoms with Gasteiger partial charge in [-0.1, -0.05) is 111 Å². The molecule has 4 nitrogen and oxygen atoms in total. The molecule has 0 N–H and O–H groups in total. The molecule has 0 aliphatic carbocycles. The zero-order valence-electron chi connectivity index (χ0n) is 20.0. The van der Waals surface area contributed by atoms with Crippen molar-refractivity contribution in [3.8, 4) is 22.6 Å². The largest absolute Gasteiger partial charge is 0.465 e. The lowest BCUT2D eigenvalue weighted by molar-refractivity contribution is -0.143. The quantitative estimate of drug-likeness (QED) is 0.159. The fraction of sp³-hybridized carbons (Fsp3) is 0.357. The van der Waals surface area contributed by atoms with Crippen LogP contribution in [0.25, 0.3) is 22.6 Å². The van der Waals surface area contributed by atoms with E-state index in [4.69, 9.17) is 14.1 Å². The van der Waals surface area contributed by atoms with Crippen LogP contribution in [0.5, 0.6) is 0 Å². The van der Waals surface area contributed by atoms with Crippen molar-refractivity contribution in [1.82, 2.24) is 4.98 Å². The van der Waals surface area contributed by atoms with E-state index in [1.165, 1.54) is 18.1 Å². The third-order valence-electron chi connectivity index (χ3n) is 6.43. The van der Waals surface area contributed by atoms with E-state index < -0.39 is 8.07 Å². The van der Waals surface area contributed by atoms with Crippen LogP contribution in [0.15, 0.2) is 76.9 Å². The molecule has 2 aromatic carbocycles. The predicted molar refractivity (Wildman–Crippen MR) is 138 cm³/mol. The van der Waals surface area contributed by atoms with E-state index in [2.05, 4.69) is 32.5 Å². The highest BCUT2D eigenvalue weighted by atomic mass is 28.3. The van der Waals surface area contributed by atoms with Gasteiger partial charge in [-0.05, 0) is 6.42 Å². The summed E-state index contributed by atoms with van der Waals surface area (Å²) in [6, 6.07) is 23.7. The van der Waals surface area contributed by atoms with E-state index >= 15 is 0 Å². The standard InChI is InChI=1S/C28H35NO3Si/c1-4-33(5-2,6-3)22-14-13-21-31-26(30)20-19-25-29-27(23-15-9-7-10-16-23)28(32-25)24-17-11-8-12-18-24/h7-12,14-18,22H,4-6,13,19-21H2,1-3H3/b22-14+. The van der Waals surface area contributed by atoms with E-state index in [1.54, 1.807) is 0 Å². The van der Waals surface area contributed by atoms with Gasteiger partial charge in [-0.3, -0.25) is 4.79 Å². The number of aryl methyl sites for hydroxylation is 1. The molecular formula is C28H35NO3Si. The maximum atomic E-state index is 12.3. The number of hydrogen-bond acceptors (Lipinski definition) is 4. The molecule has 0 aliphatic heterocycles. The highest BCUT2D eigenvalue weighted by Gasteiger charge is 2.22. The number of oxazole rings is 1. The lowest BCUT2D eigenvalue weighted by Crippen LogP contribution is -2.28. The van der Waals surface area contributed by atoms with E-state index in [-0.39, 0.29) is 12.4 Å². The maximum Gasteiger partial charge on any atom is 0.306 e. The van der Waals surface area contributed by atoms with Gasteiger partial charge in [0.15, 0.2) is 11.7 Å². The summed E-state index contributed by atoms with van der Waals surface area (Å²) in [6.45, 7) is 7.29. The Morgan fingerprint density at radius 3 is 2.15 bits per heavy atom. The number of carbonyl (C=O) groups excluding carboxylic acids is 1. The Balaban J connectivity index is 1.58. The van der Waals surface area contributed by atoms with E-state index in [0.717, 1.165) is 29.0 Å². The van der Waals surface area contributed by atoms with Crippen LogP contribution in [0.3, 0.4) is 0 Å². The third-order valence-corrected chi connectivity index (χ3v) is 11.6. The monoisotopic (exact) mass is 461 g/mol. The zero-order valence-corrected chi connectivity index (χ0v) is 21.0. The molecular weight excluding hydrogens is 426 g/mol. The highest BCUT2D eigenvalue weighted by Crippen LogP contribution is 2.32. The average molecular weight is 462 g/mol. The molecule has 174 valence electrons. The Morgan fingerprint density at radius 1 is 0.939 bits per heavy atom. The Morgan fingerprint density at radius 2 is 1.55 bits per heavy atom. The summed E-state index contributed by atoms with van der Waals surface area (Å²) in [5.74, 6) is 1.06. The number of ether oxygens (including phenoxy) is 1. The first-order valence-corrected chi connectivity index (χ1v) is 14.7. The van der Waals surface area contributed by atoms with Gasteiger partial charge in [-0.15, -0.1) is 0 Å². The minimum atomic E-state index is -1.25. The van der Waals surface area contributed by atoms with Crippen molar-refractivity contribution in [2.75, 3.05) is 6.61 Å². The fourth-order valence-corrected chi connectivity index (χ4v) is 6.88. The molecule has 0 radical (unpaired) electrons. The molecule has 1 heterocycles. The van der Waals surface area contributed by atoms with Crippen LogP contribution < -0.4 is 0 Å². The van der Waals surface area contributed by atoms with E-state index in [0.29, 0.717) is 18.9 Å². The number of hydrogen-bond donors (Lipinski definition) is 0. The Kier molecular flexibility index (Phi) is 9.25. The Hall–Kier alpha value is -2.92. The van der Waals surface area contributed by atoms with Crippen molar-refractivity contribution in [2.24, 2.45) is 0 Å². The molecule has 0 amide bonds. The second-order valence-corrected chi connectivity index (χ2v) is 13.5. The summed E-state index contributed by atoms with van der Waals surface area (Å²) in [7, 11) is -1.25. The summed E-state index contributed by atoms with van der Waals surface area (Å²) >= 11 is 0. The summed E-state index contributed by atoms with van der Waals surface area (Å²) in [5.41, 5.74) is 5.19. The van der Waals surface area contributed by atoms with Crippen LogP contribution >= 0.6 is 0 Å². The first-order chi connectivity index (χ1) is 16.1. The van der Waals surface area contributed by atoms with Crippen molar-refractivity contribution in [2.45, 2.75) is 58.2 Å². The van der Waals surface area contributed by atoms with Crippen molar-refractivity contribution in [3.63, 3.8) is 0 Å². The van der Waals surface area contributed by atoms with Crippen LogP contribution in [0, 0.1) is 0 Å². The van der Waals surface area contributed by atoms with Gasteiger partial charge >= 0.3 is 5.97 Å². The summed E-state index contributed by atoms with van der Waals surface area (Å²) in [5, 5.41) is 0. The number of carbonyl (C=O) groups is 1. The molecule has 0 bridgehead atoms. The van der Waals surface area contributed by atoms with Crippen LogP contribution in [-0.4, -0.2) is 25.6 Å². The molecule has 0 atom stereocenters. The lowest BCUT2D eigenvalue weighted by Gasteiger charge is -2.23. The zero-order chi connectivity index (χ0) is 23.5. The molecule has 0 aliphatic rings. The minimum absolute atomic E-state index is 0.214. The van der Waals surface area contributed by atoms with Crippen molar-refractivity contribution < 1.29 is 13.9 Å². The van der Waals surface area contributed by atoms with Gasteiger partial charge in [0.25, 0.3) is 0 Å². The molecule has 3 aromatic rings. The molecule has 0 saturated carbocycles. The molecule has 33 heavy (non-hydrogen) atoms. The number of aromatic nitrogens is 1. The number of nitrogens with zero attached hydrogens (tertiary/aromatic N) is 1. The SMILES string of the molecule is CC[Si](/C=C/CCOC(=O)CCc1nc(-c2ccccc2)c(-c2ccccc2)o1)(CC)CC. The fourth-order valence-electron chi connectivity index (χ4n) is 4.01. The van der Waals surface area contributed by atoms with Gasteiger partial charge in [0, 0.05) is 17.5 Å². The van der Waals surface area contributed by atoms with Crippen LogP contribution in [0.2, 0.25) is 18.1 Å². The van der Waals surface area contributed by atoms with Crippen molar-refractivity contribution >= 4 is 14.0 Å². The van der Waals surface area contributed by atoms with E-state index in [9.17, 15) is 4.79 Å². The van der Waals surface area contributed by atoms with Gasteiger partial charge in [0.2, 0.25) is 0 Å². The minimum Gasteiger partial charge on any atom is -0.465 e. The van der Waals surface area contributed by atoms with Crippen LogP contribution in [0.1, 0.15) is 39.5 Å². The topological polar surface area (TPSA) is 52.3 Å². The number of esters is 1. The molecule has 0 spiro atoms. The van der Waals surface area contributed by atoms with Gasteiger partial charge < -0.3 is 9.15 Å². The van der Waals surface area contributed by atoms with Gasteiger partial charge in [0.05, 0.1) is 21.1 Å². The molecule has 3 rings (SSSR count). The van der Waals surface area contributed by atoms with Crippen molar-refractivity contribution in [1.29, 1.82) is 0 Å². The molecule has 1 aromatic heterocycles. The first kappa shape index (κ1) is 24.7. The van der Waals surface area contributed by atoms with Gasteiger partial charge in [-0.25, -0.2) is 4.98 Å². The highest BCUT2D eigenvalue weighted by molar-refractivity contribution is 6.84. The second kappa shape index (κ2) is 12.4. The van der Waals surface area contributed by atoms with Crippen molar-refractivity contribution in [3.05, 3.63) is 78.3 Å². The molecule has 0 saturated heterocycles. The first-order valence-electron chi connectivity index (χ1n) is 12.0. The number of benzene rings is 2. The summed E-state index contributed by atoms with van der Waals surface area (Å²) in [6.07, 6.45) is 3.65. The smallest absolute Gasteiger partial charge is 0.306 e. The van der Waals surface area contributed by atoms with E-state index in [1.807, 2.05) is 60.7 Å². The number of rotatable bonds is 12. The van der Waals surface area contributed by atoms with Crippen LogP contribution in [-0.2, 0) is 16.0 Å².